The van der Waals surface area contributed by atoms with Gasteiger partial charge in [0.1, 0.15) is 10.7 Å². The lowest BCUT2D eigenvalue weighted by molar-refractivity contribution is 0.208. The van der Waals surface area contributed by atoms with Crippen LogP contribution in [-0.2, 0) is 10.0 Å². The molecule has 0 spiro atoms. The molecule has 100 valence electrons. The second kappa shape index (κ2) is 5.21. The van der Waals surface area contributed by atoms with E-state index in [2.05, 4.69) is 4.98 Å². The maximum Gasteiger partial charge on any atom is 0.241 e. The van der Waals surface area contributed by atoms with Crippen LogP contribution in [0.4, 0.5) is 5.82 Å². The summed E-state index contributed by atoms with van der Waals surface area (Å²) < 4.78 is 23.0. The van der Waals surface area contributed by atoms with E-state index in [9.17, 15) is 13.5 Å². The zero-order valence-electron chi connectivity index (χ0n) is 9.99. The van der Waals surface area contributed by atoms with E-state index in [1.807, 2.05) is 4.90 Å². The fraction of sp³-hybridized carbons (Fsp3) is 0.545. The zero-order chi connectivity index (χ0) is 13.2. The Hall–Kier alpha value is -1.18. The number of hydrogen-bond donors (Lipinski definition) is 2. The van der Waals surface area contributed by atoms with Crippen LogP contribution in [0, 0.1) is 5.92 Å². The number of rotatable bonds is 3. The van der Waals surface area contributed by atoms with Crippen molar-refractivity contribution in [3.8, 4) is 0 Å². The third-order valence-electron chi connectivity index (χ3n) is 3.13. The highest BCUT2D eigenvalue weighted by Gasteiger charge is 2.25. The standard InChI is InChI=1S/C11H17N3O3S/c12-18(16,17)10-4-1-5-13-11(10)14-6-2-3-9(7-14)8-15/h1,4-5,9,15H,2-3,6-8H2,(H2,12,16,17)/t9-/m0/s1. The van der Waals surface area contributed by atoms with Crippen molar-refractivity contribution in [3.63, 3.8) is 0 Å². The van der Waals surface area contributed by atoms with E-state index in [1.54, 1.807) is 12.3 Å². The summed E-state index contributed by atoms with van der Waals surface area (Å²) in [5.41, 5.74) is 0. The summed E-state index contributed by atoms with van der Waals surface area (Å²) in [7, 11) is -3.77. The van der Waals surface area contributed by atoms with Gasteiger partial charge in [-0.2, -0.15) is 0 Å². The predicted octanol–water partition coefficient (Wildman–Crippen LogP) is -0.0623. The first-order valence-electron chi connectivity index (χ1n) is 5.86. The van der Waals surface area contributed by atoms with Crippen molar-refractivity contribution < 1.29 is 13.5 Å². The van der Waals surface area contributed by atoms with Crippen LogP contribution < -0.4 is 10.0 Å². The first kappa shape index (κ1) is 13.3. The molecule has 0 aliphatic carbocycles. The van der Waals surface area contributed by atoms with E-state index in [-0.39, 0.29) is 17.4 Å². The first-order valence-corrected chi connectivity index (χ1v) is 7.40. The van der Waals surface area contributed by atoms with Gasteiger partial charge in [0.25, 0.3) is 0 Å². The fourth-order valence-corrected chi connectivity index (χ4v) is 2.95. The number of aliphatic hydroxyl groups is 1. The van der Waals surface area contributed by atoms with E-state index in [4.69, 9.17) is 5.14 Å². The highest BCUT2D eigenvalue weighted by atomic mass is 32.2. The Bertz CT molecular complexity index is 518. The third kappa shape index (κ3) is 2.80. The Labute approximate surface area is 106 Å². The van der Waals surface area contributed by atoms with Crippen LogP contribution in [-0.4, -0.2) is 38.2 Å². The molecule has 1 aromatic heterocycles. The van der Waals surface area contributed by atoms with Gasteiger partial charge in [-0.05, 0) is 30.9 Å². The highest BCUT2D eigenvalue weighted by molar-refractivity contribution is 7.89. The summed E-state index contributed by atoms with van der Waals surface area (Å²) >= 11 is 0. The van der Waals surface area contributed by atoms with Crippen LogP contribution in [0.15, 0.2) is 23.2 Å². The van der Waals surface area contributed by atoms with Crippen LogP contribution in [0.2, 0.25) is 0 Å². The van der Waals surface area contributed by atoms with Gasteiger partial charge in [-0.3, -0.25) is 0 Å². The van der Waals surface area contributed by atoms with Gasteiger partial charge in [-0.1, -0.05) is 0 Å². The number of hydrogen-bond acceptors (Lipinski definition) is 5. The molecule has 1 aromatic rings. The van der Waals surface area contributed by atoms with E-state index < -0.39 is 10.0 Å². The van der Waals surface area contributed by atoms with E-state index in [1.165, 1.54) is 6.07 Å². The van der Waals surface area contributed by atoms with Crippen molar-refractivity contribution in [2.45, 2.75) is 17.7 Å². The van der Waals surface area contributed by atoms with Crippen molar-refractivity contribution in [1.29, 1.82) is 0 Å². The highest BCUT2D eigenvalue weighted by Crippen LogP contribution is 2.26. The topological polar surface area (TPSA) is 96.5 Å². The number of primary sulfonamides is 1. The molecule has 6 nitrogen and oxygen atoms in total. The lowest BCUT2D eigenvalue weighted by Gasteiger charge is -2.33. The Morgan fingerprint density at radius 1 is 1.56 bits per heavy atom. The second-order valence-electron chi connectivity index (χ2n) is 4.51. The van der Waals surface area contributed by atoms with Crippen LogP contribution in [0.25, 0.3) is 0 Å². The molecule has 1 aliphatic heterocycles. The number of pyridine rings is 1. The third-order valence-corrected chi connectivity index (χ3v) is 4.07. The van der Waals surface area contributed by atoms with Crippen LogP contribution in [0.1, 0.15) is 12.8 Å². The molecule has 0 aromatic carbocycles. The van der Waals surface area contributed by atoms with E-state index in [0.29, 0.717) is 12.4 Å². The number of anilines is 1. The lowest BCUT2D eigenvalue weighted by atomic mass is 9.99. The van der Waals surface area contributed by atoms with Crippen molar-refractivity contribution in [2.24, 2.45) is 11.1 Å². The van der Waals surface area contributed by atoms with E-state index in [0.717, 1.165) is 19.4 Å². The molecule has 18 heavy (non-hydrogen) atoms. The number of nitrogens with zero attached hydrogens (tertiary/aromatic N) is 2. The largest absolute Gasteiger partial charge is 0.396 e. The molecule has 1 fully saturated rings. The van der Waals surface area contributed by atoms with Gasteiger partial charge in [0.05, 0.1) is 0 Å². The van der Waals surface area contributed by atoms with Gasteiger partial charge < -0.3 is 10.0 Å². The molecule has 2 heterocycles. The molecule has 0 amide bonds. The molecular weight excluding hydrogens is 254 g/mol. The zero-order valence-corrected chi connectivity index (χ0v) is 10.8. The molecule has 1 aliphatic rings. The molecule has 0 unspecified atom stereocenters. The predicted molar refractivity (Wildman–Crippen MR) is 67.6 cm³/mol. The number of aliphatic hydroxyl groups excluding tert-OH is 1. The minimum Gasteiger partial charge on any atom is -0.396 e. The Kier molecular flexibility index (Phi) is 3.84. The minimum absolute atomic E-state index is 0.0450. The first-order chi connectivity index (χ1) is 8.52. The summed E-state index contributed by atoms with van der Waals surface area (Å²) in [6, 6.07) is 3.01. The molecule has 1 saturated heterocycles. The fourth-order valence-electron chi connectivity index (χ4n) is 2.25. The molecule has 0 bridgehead atoms. The summed E-state index contributed by atoms with van der Waals surface area (Å²) in [5, 5.41) is 14.4. The number of sulfonamides is 1. The lowest BCUT2D eigenvalue weighted by Crippen LogP contribution is -2.38. The molecular formula is C11H17N3O3S. The second-order valence-corrected chi connectivity index (χ2v) is 6.04. The summed E-state index contributed by atoms with van der Waals surface area (Å²) in [4.78, 5) is 6.05. The monoisotopic (exact) mass is 271 g/mol. The Morgan fingerprint density at radius 2 is 2.33 bits per heavy atom. The van der Waals surface area contributed by atoms with Gasteiger partial charge in [-0.25, -0.2) is 18.5 Å². The van der Waals surface area contributed by atoms with Crippen LogP contribution in [0.5, 0.6) is 0 Å². The summed E-state index contributed by atoms with van der Waals surface area (Å²) in [6.07, 6.45) is 3.41. The van der Waals surface area contributed by atoms with Crippen molar-refractivity contribution in [2.75, 3.05) is 24.6 Å². The van der Waals surface area contributed by atoms with Gasteiger partial charge >= 0.3 is 0 Å². The van der Waals surface area contributed by atoms with Gasteiger partial charge in [0.2, 0.25) is 10.0 Å². The maximum atomic E-state index is 11.5. The molecule has 2 rings (SSSR count). The van der Waals surface area contributed by atoms with Gasteiger partial charge in [0.15, 0.2) is 0 Å². The van der Waals surface area contributed by atoms with Crippen LogP contribution in [0.3, 0.4) is 0 Å². The average Bonchev–Trinajstić information content (AvgIpc) is 2.38. The van der Waals surface area contributed by atoms with Crippen molar-refractivity contribution in [1.82, 2.24) is 4.98 Å². The SMILES string of the molecule is NS(=O)(=O)c1cccnc1N1CCC[C@H](CO)C1. The molecule has 7 heteroatoms. The van der Waals surface area contributed by atoms with Crippen molar-refractivity contribution in [3.05, 3.63) is 18.3 Å². The average molecular weight is 271 g/mol. The number of piperidine rings is 1. The van der Waals surface area contributed by atoms with Crippen molar-refractivity contribution >= 4 is 15.8 Å². The molecule has 0 radical (unpaired) electrons. The quantitative estimate of drug-likeness (QED) is 0.802. The smallest absolute Gasteiger partial charge is 0.241 e. The molecule has 3 N–H and O–H groups in total. The maximum absolute atomic E-state index is 11.5. The van der Waals surface area contributed by atoms with E-state index >= 15 is 0 Å². The molecule has 0 saturated carbocycles. The molecule has 1 atom stereocenters. The minimum atomic E-state index is -3.77. The summed E-state index contributed by atoms with van der Waals surface area (Å²) in [5.74, 6) is 0.548. The number of aromatic nitrogens is 1. The van der Waals surface area contributed by atoms with Gasteiger partial charge in [0, 0.05) is 25.9 Å². The number of nitrogens with two attached hydrogens (primary N) is 1. The van der Waals surface area contributed by atoms with Crippen LogP contribution >= 0.6 is 0 Å². The van der Waals surface area contributed by atoms with Gasteiger partial charge in [-0.15, -0.1) is 0 Å². The normalized spacial score (nSPS) is 21.0. The summed E-state index contributed by atoms with van der Waals surface area (Å²) in [6.45, 7) is 1.44. The Balaban J connectivity index is 2.33. The Morgan fingerprint density at radius 3 is 3.00 bits per heavy atom.